The molecule has 3 aromatic rings. The molecule has 0 atom stereocenters. The molecule has 1 aliphatic rings. The van der Waals surface area contributed by atoms with Gasteiger partial charge in [-0.3, -0.25) is 4.79 Å². The van der Waals surface area contributed by atoms with Gasteiger partial charge in [-0.15, -0.1) is 0 Å². The zero-order valence-corrected chi connectivity index (χ0v) is 18.3. The Morgan fingerprint density at radius 3 is 2.48 bits per heavy atom. The van der Waals surface area contributed by atoms with Gasteiger partial charge >= 0.3 is 0 Å². The number of benzene rings is 1. The van der Waals surface area contributed by atoms with Crippen molar-refractivity contribution in [3.05, 3.63) is 60.1 Å². The Hall–Kier alpha value is -3.06. The molecule has 1 aromatic carbocycles. The van der Waals surface area contributed by atoms with Crippen LogP contribution < -0.4 is 4.90 Å². The first-order chi connectivity index (χ1) is 15.1. The van der Waals surface area contributed by atoms with Gasteiger partial charge in [0.15, 0.2) is 5.76 Å². The van der Waals surface area contributed by atoms with Crippen LogP contribution in [0.4, 0.5) is 5.88 Å². The Morgan fingerprint density at radius 1 is 1.03 bits per heavy atom. The lowest BCUT2D eigenvalue weighted by molar-refractivity contribution is 0.0700. The molecule has 0 bridgehead atoms. The maximum Gasteiger partial charge on any atom is 0.289 e. The number of hydrogen-bond acceptors (Lipinski definition) is 6. The number of anilines is 1. The number of hydrogen-bond donors (Lipinski definition) is 0. The monoisotopic (exact) mass is 422 g/mol. The SMILES string of the molecule is CN(C)CCN(Cc1c(-c2ccccc2)noc1N1CCCCC1)C(=O)c1ccco1. The Morgan fingerprint density at radius 2 is 1.81 bits per heavy atom. The molecule has 7 nitrogen and oxygen atoms in total. The van der Waals surface area contributed by atoms with Crippen LogP contribution >= 0.6 is 0 Å². The summed E-state index contributed by atoms with van der Waals surface area (Å²) in [5, 5.41) is 4.44. The summed E-state index contributed by atoms with van der Waals surface area (Å²) in [7, 11) is 4.01. The molecule has 0 saturated carbocycles. The maximum atomic E-state index is 13.2. The van der Waals surface area contributed by atoms with E-state index < -0.39 is 0 Å². The van der Waals surface area contributed by atoms with Gasteiger partial charge in [0, 0.05) is 31.7 Å². The summed E-state index contributed by atoms with van der Waals surface area (Å²) in [6.45, 7) is 3.62. The van der Waals surface area contributed by atoms with Crippen LogP contribution in [0.2, 0.25) is 0 Å². The van der Waals surface area contributed by atoms with E-state index >= 15 is 0 Å². The van der Waals surface area contributed by atoms with Crippen molar-refractivity contribution in [2.75, 3.05) is 45.2 Å². The third-order valence-corrected chi connectivity index (χ3v) is 5.64. The van der Waals surface area contributed by atoms with E-state index in [1.165, 1.54) is 12.7 Å². The Labute approximate surface area is 183 Å². The Kier molecular flexibility index (Phi) is 6.72. The second-order valence-electron chi connectivity index (χ2n) is 8.24. The van der Waals surface area contributed by atoms with Crippen LogP contribution in [0.15, 0.2) is 57.7 Å². The Bertz CT molecular complexity index is 960. The van der Waals surface area contributed by atoms with Gasteiger partial charge in [-0.1, -0.05) is 35.5 Å². The highest BCUT2D eigenvalue weighted by Crippen LogP contribution is 2.34. The minimum atomic E-state index is -0.128. The molecule has 0 N–H and O–H groups in total. The lowest BCUT2D eigenvalue weighted by atomic mass is 10.1. The molecule has 31 heavy (non-hydrogen) atoms. The molecule has 2 aromatic heterocycles. The number of amides is 1. The predicted octanol–water partition coefficient (Wildman–Crippen LogP) is 4.13. The fourth-order valence-corrected chi connectivity index (χ4v) is 3.93. The van der Waals surface area contributed by atoms with E-state index in [1.54, 1.807) is 12.1 Å². The van der Waals surface area contributed by atoms with Crippen LogP contribution in [0.1, 0.15) is 35.4 Å². The largest absolute Gasteiger partial charge is 0.459 e. The van der Waals surface area contributed by atoms with E-state index in [0.717, 1.165) is 55.2 Å². The molecule has 1 amide bonds. The summed E-state index contributed by atoms with van der Waals surface area (Å²) in [5.74, 6) is 0.994. The number of carbonyl (C=O) groups excluding carboxylic acids is 1. The van der Waals surface area contributed by atoms with Crippen molar-refractivity contribution < 1.29 is 13.7 Å². The van der Waals surface area contributed by atoms with Crippen LogP contribution in [0.3, 0.4) is 0 Å². The minimum Gasteiger partial charge on any atom is -0.459 e. The highest BCUT2D eigenvalue weighted by molar-refractivity contribution is 5.91. The van der Waals surface area contributed by atoms with Gasteiger partial charge in [0.1, 0.15) is 5.69 Å². The van der Waals surface area contributed by atoms with Gasteiger partial charge in [-0.05, 0) is 45.5 Å². The highest BCUT2D eigenvalue weighted by atomic mass is 16.5. The summed E-state index contributed by atoms with van der Waals surface area (Å²) in [4.78, 5) is 19.4. The number of carbonyl (C=O) groups is 1. The van der Waals surface area contributed by atoms with Crippen molar-refractivity contribution in [1.82, 2.24) is 15.0 Å². The summed E-state index contributed by atoms with van der Waals surface area (Å²) in [6, 6.07) is 13.5. The van der Waals surface area contributed by atoms with E-state index in [9.17, 15) is 4.79 Å². The molecule has 1 saturated heterocycles. The molecule has 0 spiro atoms. The average Bonchev–Trinajstić information content (AvgIpc) is 3.47. The van der Waals surface area contributed by atoms with Crippen molar-refractivity contribution >= 4 is 11.8 Å². The van der Waals surface area contributed by atoms with Crippen molar-refractivity contribution in [3.63, 3.8) is 0 Å². The van der Waals surface area contributed by atoms with Gasteiger partial charge in [0.2, 0.25) is 5.88 Å². The molecule has 1 aliphatic heterocycles. The average molecular weight is 423 g/mol. The van der Waals surface area contributed by atoms with Crippen LogP contribution in [0.25, 0.3) is 11.3 Å². The minimum absolute atomic E-state index is 0.128. The molecule has 1 fully saturated rings. The zero-order chi connectivity index (χ0) is 21.6. The third kappa shape index (κ3) is 4.99. The Balaban J connectivity index is 1.70. The van der Waals surface area contributed by atoms with Gasteiger partial charge < -0.3 is 23.6 Å². The lowest BCUT2D eigenvalue weighted by Crippen LogP contribution is -2.37. The molecule has 4 rings (SSSR count). The lowest BCUT2D eigenvalue weighted by Gasteiger charge is -2.28. The number of piperidine rings is 1. The second-order valence-corrected chi connectivity index (χ2v) is 8.24. The smallest absolute Gasteiger partial charge is 0.289 e. The van der Waals surface area contributed by atoms with Crippen molar-refractivity contribution in [2.45, 2.75) is 25.8 Å². The van der Waals surface area contributed by atoms with Crippen LogP contribution in [0, 0.1) is 0 Å². The molecule has 7 heteroatoms. The molecule has 0 unspecified atom stereocenters. The van der Waals surface area contributed by atoms with E-state index in [-0.39, 0.29) is 5.91 Å². The summed E-state index contributed by atoms with van der Waals surface area (Å²) < 4.78 is 11.3. The second kappa shape index (κ2) is 9.83. The summed E-state index contributed by atoms with van der Waals surface area (Å²) in [5.41, 5.74) is 2.73. The fraction of sp³-hybridized carbons (Fsp3) is 0.417. The number of likely N-dealkylation sites (N-methyl/N-ethyl adjacent to an activating group) is 1. The van der Waals surface area contributed by atoms with E-state index in [1.807, 2.05) is 49.3 Å². The van der Waals surface area contributed by atoms with E-state index in [4.69, 9.17) is 8.94 Å². The predicted molar refractivity (Wildman–Crippen MR) is 120 cm³/mol. The van der Waals surface area contributed by atoms with Crippen molar-refractivity contribution in [1.29, 1.82) is 0 Å². The molecular formula is C24H30N4O3. The number of aromatic nitrogens is 1. The number of nitrogens with zero attached hydrogens (tertiary/aromatic N) is 4. The van der Waals surface area contributed by atoms with Crippen molar-refractivity contribution in [3.8, 4) is 11.3 Å². The topological polar surface area (TPSA) is 66.0 Å². The van der Waals surface area contributed by atoms with Gasteiger partial charge in [0.05, 0.1) is 18.4 Å². The first-order valence-electron chi connectivity index (χ1n) is 10.9. The molecule has 0 aliphatic carbocycles. The first-order valence-corrected chi connectivity index (χ1v) is 10.9. The van der Waals surface area contributed by atoms with Crippen molar-refractivity contribution in [2.24, 2.45) is 0 Å². The normalized spacial score (nSPS) is 14.2. The standard InChI is InChI=1S/C24H30N4O3/c1-26(2)15-16-28(23(29)21-12-9-17-30-21)18-20-22(19-10-5-3-6-11-19)25-31-24(20)27-13-7-4-8-14-27/h3,5-6,9-12,17H,4,7-8,13-16,18H2,1-2H3. The van der Waals surface area contributed by atoms with Gasteiger partial charge in [0.25, 0.3) is 5.91 Å². The van der Waals surface area contributed by atoms with E-state index in [2.05, 4.69) is 15.0 Å². The summed E-state index contributed by atoms with van der Waals surface area (Å²) >= 11 is 0. The molecule has 164 valence electrons. The fourth-order valence-electron chi connectivity index (χ4n) is 3.93. The quantitative estimate of drug-likeness (QED) is 0.544. The molecule has 0 radical (unpaired) electrons. The highest BCUT2D eigenvalue weighted by Gasteiger charge is 2.28. The van der Waals surface area contributed by atoms with Crippen LogP contribution in [-0.2, 0) is 6.54 Å². The number of rotatable bonds is 8. The first kappa shape index (κ1) is 21.2. The van der Waals surface area contributed by atoms with Gasteiger partial charge in [-0.2, -0.15) is 0 Å². The van der Waals surface area contributed by atoms with Crippen LogP contribution in [-0.4, -0.2) is 61.1 Å². The maximum absolute atomic E-state index is 13.2. The zero-order valence-electron chi connectivity index (χ0n) is 18.3. The van der Waals surface area contributed by atoms with Gasteiger partial charge in [-0.25, -0.2) is 0 Å². The molecule has 3 heterocycles. The summed E-state index contributed by atoms with van der Waals surface area (Å²) in [6.07, 6.45) is 5.04. The van der Waals surface area contributed by atoms with Crippen LogP contribution in [0.5, 0.6) is 0 Å². The van der Waals surface area contributed by atoms with E-state index in [0.29, 0.717) is 18.8 Å². The molecular weight excluding hydrogens is 392 g/mol. The third-order valence-electron chi connectivity index (χ3n) is 5.64. The number of furan rings is 1.